The summed E-state index contributed by atoms with van der Waals surface area (Å²) < 4.78 is 13.8. The number of hydrogen-bond donors (Lipinski definition) is 1. The molecule has 0 saturated carbocycles. The number of carbonyl (C=O) groups excluding carboxylic acids is 1. The zero-order chi connectivity index (χ0) is 15.9. The molecule has 0 aliphatic carbocycles. The van der Waals surface area contributed by atoms with Crippen LogP contribution >= 0.6 is 15.9 Å². The lowest BCUT2D eigenvalue weighted by molar-refractivity contribution is 0.0952. The number of nitrogens with zero attached hydrogens (tertiary/aromatic N) is 1. The van der Waals surface area contributed by atoms with Gasteiger partial charge in [0.15, 0.2) is 0 Å². The maximum atomic E-state index is 13.2. The normalized spacial score (nSPS) is 10.3. The van der Waals surface area contributed by atoms with Crippen LogP contribution in [0.5, 0.6) is 0 Å². The molecule has 0 atom stereocenters. The smallest absolute Gasteiger partial charge is 0.252 e. The van der Waals surface area contributed by atoms with Crippen molar-refractivity contribution >= 4 is 27.5 Å². The molecule has 2 aromatic carbocycles. The summed E-state index contributed by atoms with van der Waals surface area (Å²) in [5.74, 6) is -0.689. The van der Waals surface area contributed by atoms with Gasteiger partial charge in [-0.2, -0.15) is 0 Å². The highest BCUT2D eigenvalue weighted by Crippen LogP contribution is 2.17. The quantitative estimate of drug-likeness (QED) is 0.789. The van der Waals surface area contributed by atoms with E-state index < -0.39 is 5.82 Å². The molecule has 0 spiro atoms. The van der Waals surface area contributed by atoms with Crippen molar-refractivity contribution in [3.63, 3.8) is 0 Å². The second kappa shape index (κ2) is 7.94. The van der Waals surface area contributed by atoms with Crippen LogP contribution in [0.4, 0.5) is 10.1 Å². The molecule has 1 N–H and O–H groups in total. The van der Waals surface area contributed by atoms with E-state index in [1.807, 2.05) is 37.4 Å². The number of para-hydroxylation sites is 1. The molecule has 0 bridgehead atoms. The highest BCUT2D eigenvalue weighted by atomic mass is 79.9. The predicted molar refractivity (Wildman–Crippen MR) is 90.8 cm³/mol. The molecule has 0 aliphatic rings. The maximum Gasteiger partial charge on any atom is 0.252 e. The highest BCUT2D eigenvalue weighted by Gasteiger charge is 2.10. The lowest BCUT2D eigenvalue weighted by Crippen LogP contribution is -2.28. The van der Waals surface area contributed by atoms with Gasteiger partial charge in [0.05, 0.1) is 5.56 Å². The Morgan fingerprint density at radius 3 is 2.68 bits per heavy atom. The average molecular weight is 365 g/mol. The van der Waals surface area contributed by atoms with Crippen LogP contribution in [0.1, 0.15) is 16.8 Å². The van der Waals surface area contributed by atoms with Gasteiger partial charge in [-0.25, -0.2) is 4.39 Å². The summed E-state index contributed by atoms with van der Waals surface area (Å²) >= 11 is 3.26. The molecule has 0 aromatic heterocycles. The first kappa shape index (κ1) is 16.5. The van der Waals surface area contributed by atoms with Crippen molar-refractivity contribution in [2.45, 2.75) is 6.42 Å². The molecule has 0 unspecified atom stereocenters. The van der Waals surface area contributed by atoms with Gasteiger partial charge in [-0.1, -0.05) is 18.2 Å². The van der Waals surface area contributed by atoms with Crippen molar-refractivity contribution in [3.8, 4) is 0 Å². The molecule has 0 saturated heterocycles. The number of amides is 1. The second-order valence-corrected chi connectivity index (χ2v) is 5.85. The van der Waals surface area contributed by atoms with E-state index >= 15 is 0 Å². The van der Waals surface area contributed by atoms with Crippen LogP contribution in [0.25, 0.3) is 0 Å². The van der Waals surface area contributed by atoms with Gasteiger partial charge >= 0.3 is 0 Å². The van der Waals surface area contributed by atoms with E-state index in [0.717, 1.165) is 18.7 Å². The Balaban J connectivity index is 1.79. The van der Waals surface area contributed by atoms with Gasteiger partial charge in [-0.15, -0.1) is 0 Å². The van der Waals surface area contributed by atoms with Crippen molar-refractivity contribution in [2.24, 2.45) is 0 Å². The van der Waals surface area contributed by atoms with Gasteiger partial charge in [0, 0.05) is 30.3 Å². The third kappa shape index (κ3) is 4.56. The van der Waals surface area contributed by atoms with Gasteiger partial charge in [-0.3, -0.25) is 4.79 Å². The van der Waals surface area contributed by atoms with Gasteiger partial charge in [0.25, 0.3) is 5.91 Å². The lowest BCUT2D eigenvalue weighted by Gasteiger charge is -2.19. The van der Waals surface area contributed by atoms with E-state index in [1.54, 1.807) is 0 Å². The summed E-state index contributed by atoms with van der Waals surface area (Å²) in [6.07, 6.45) is 0.810. The number of rotatable bonds is 6. The minimum Gasteiger partial charge on any atom is -0.375 e. The Labute approximate surface area is 138 Å². The topological polar surface area (TPSA) is 32.3 Å². The van der Waals surface area contributed by atoms with Crippen molar-refractivity contribution in [1.82, 2.24) is 5.32 Å². The van der Waals surface area contributed by atoms with Crippen molar-refractivity contribution in [1.29, 1.82) is 0 Å². The molecule has 22 heavy (non-hydrogen) atoms. The first-order chi connectivity index (χ1) is 10.6. The van der Waals surface area contributed by atoms with Gasteiger partial charge in [-0.05, 0) is 52.7 Å². The Morgan fingerprint density at radius 2 is 1.95 bits per heavy atom. The van der Waals surface area contributed by atoms with E-state index in [9.17, 15) is 9.18 Å². The minimum absolute atomic E-state index is 0.270. The van der Waals surface area contributed by atoms with Crippen LogP contribution in [0.3, 0.4) is 0 Å². The maximum absolute atomic E-state index is 13.2. The molecule has 3 nitrogen and oxygen atoms in total. The number of benzene rings is 2. The number of carbonyl (C=O) groups is 1. The van der Waals surface area contributed by atoms with Crippen molar-refractivity contribution < 1.29 is 9.18 Å². The van der Waals surface area contributed by atoms with Crippen LogP contribution in [0.15, 0.2) is 53.0 Å². The molecule has 116 valence electrons. The standard InChI is InChI=1S/C17H18BrFN2O/c1-21(14-6-3-2-4-7-14)11-5-10-20-17(22)15-12-13(19)8-9-16(15)18/h2-4,6-9,12H,5,10-11H2,1H3,(H,20,22). The fourth-order valence-electron chi connectivity index (χ4n) is 2.10. The molecular weight excluding hydrogens is 347 g/mol. The molecule has 0 heterocycles. The van der Waals surface area contributed by atoms with E-state index in [-0.39, 0.29) is 5.91 Å². The number of anilines is 1. The van der Waals surface area contributed by atoms with Gasteiger partial charge in [0.2, 0.25) is 0 Å². The predicted octanol–water partition coefficient (Wildman–Crippen LogP) is 3.84. The third-order valence-corrected chi connectivity index (χ3v) is 4.02. The number of nitrogens with one attached hydrogen (secondary N) is 1. The number of hydrogen-bond acceptors (Lipinski definition) is 2. The van der Waals surface area contributed by atoms with Crippen LogP contribution in [-0.4, -0.2) is 26.0 Å². The molecule has 0 aliphatic heterocycles. The molecule has 0 radical (unpaired) electrons. The van der Waals surface area contributed by atoms with Gasteiger partial charge in [0.1, 0.15) is 5.82 Å². The molecule has 2 aromatic rings. The summed E-state index contributed by atoms with van der Waals surface area (Å²) in [6, 6.07) is 14.1. The van der Waals surface area contributed by atoms with Crippen LogP contribution in [0, 0.1) is 5.82 Å². The monoisotopic (exact) mass is 364 g/mol. The molecular formula is C17H18BrFN2O. The number of halogens is 2. The first-order valence-corrected chi connectivity index (χ1v) is 7.86. The van der Waals surface area contributed by atoms with E-state index in [0.29, 0.717) is 16.6 Å². The van der Waals surface area contributed by atoms with Gasteiger partial charge < -0.3 is 10.2 Å². The zero-order valence-electron chi connectivity index (χ0n) is 12.4. The van der Waals surface area contributed by atoms with Crippen LogP contribution < -0.4 is 10.2 Å². The van der Waals surface area contributed by atoms with Crippen LogP contribution in [0.2, 0.25) is 0 Å². The third-order valence-electron chi connectivity index (χ3n) is 3.33. The molecule has 1 amide bonds. The van der Waals surface area contributed by atoms with Crippen molar-refractivity contribution in [3.05, 3.63) is 64.4 Å². The molecule has 5 heteroatoms. The Hall–Kier alpha value is -1.88. The molecule has 2 rings (SSSR count). The van der Waals surface area contributed by atoms with Crippen LogP contribution in [-0.2, 0) is 0 Å². The highest BCUT2D eigenvalue weighted by molar-refractivity contribution is 9.10. The second-order valence-electron chi connectivity index (χ2n) is 4.99. The minimum atomic E-state index is -0.419. The van der Waals surface area contributed by atoms with E-state index in [2.05, 4.69) is 26.1 Å². The SMILES string of the molecule is CN(CCCNC(=O)c1cc(F)ccc1Br)c1ccccc1. The molecule has 0 fully saturated rings. The summed E-state index contributed by atoms with van der Waals surface area (Å²) in [7, 11) is 2.01. The average Bonchev–Trinajstić information content (AvgIpc) is 2.54. The lowest BCUT2D eigenvalue weighted by atomic mass is 10.2. The summed E-state index contributed by atoms with van der Waals surface area (Å²) in [4.78, 5) is 14.1. The summed E-state index contributed by atoms with van der Waals surface area (Å²) in [6.45, 7) is 1.37. The fraction of sp³-hybridized carbons (Fsp3) is 0.235. The Morgan fingerprint density at radius 1 is 1.23 bits per heavy atom. The Bertz CT molecular complexity index is 634. The van der Waals surface area contributed by atoms with E-state index in [1.165, 1.54) is 18.2 Å². The summed E-state index contributed by atoms with van der Waals surface area (Å²) in [5.41, 5.74) is 1.46. The zero-order valence-corrected chi connectivity index (χ0v) is 13.9. The summed E-state index contributed by atoms with van der Waals surface area (Å²) in [5, 5.41) is 2.81. The fourth-order valence-corrected chi connectivity index (χ4v) is 2.52. The van der Waals surface area contributed by atoms with E-state index in [4.69, 9.17) is 0 Å². The first-order valence-electron chi connectivity index (χ1n) is 7.07. The van der Waals surface area contributed by atoms with Crippen molar-refractivity contribution in [2.75, 3.05) is 25.0 Å². The largest absolute Gasteiger partial charge is 0.375 e. The Kier molecular flexibility index (Phi) is 5.95.